The molecule has 1 aromatic heterocycles. The normalized spacial score (nSPS) is 11.2. The molecule has 1 aromatic carbocycles. The molecule has 1 heterocycles. The summed E-state index contributed by atoms with van der Waals surface area (Å²) in [5, 5.41) is 0. The first kappa shape index (κ1) is 14.8. The van der Waals surface area contributed by atoms with Crippen LogP contribution in [0.5, 0.6) is 5.75 Å². The number of benzene rings is 1. The average molecular weight is 296 g/mol. The first-order chi connectivity index (χ1) is 9.86. The fourth-order valence-corrected chi connectivity index (χ4v) is 2.03. The molecule has 0 spiro atoms. The van der Waals surface area contributed by atoms with Crippen LogP contribution in [0.3, 0.4) is 0 Å². The van der Waals surface area contributed by atoms with Gasteiger partial charge < -0.3 is 10.5 Å². The van der Waals surface area contributed by atoms with Gasteiger partial charge >= 0.3 is 6.18 Å². The second-order valence-corrected chi connectivity index (χ2v) is 4.17. The smallest absolute Gasteiger partial charge is 0.417 e. The zero-order valence-corrected chi connectivity index (χ0v) is 10.9. The van der Waals surface area contributed by atoms with Gasteiger partial charge in [-0.3, -0.25) is 9.78 Å². The lowest BCUT2D eigenvalue weighted by molar-refractivity contribution is -0.137. The molecule has 21 heavy (non-hydrogen) atoms. The number of nitrogens with zero attached hydrogens (tertiary/aromatic N) is 1. The molecule has 0 atom stereocenters. The Kier molecular flexibility index (Phi) is 3.84. The van der Waals surface area contributed by atoms with E-state index in [4.69, 9.17) is 10.5 Å². The molecule has 2 rings (SSSR count). The van der Waals surface area contributed by atoms with Crippen LogP contribution in [0, 0.1) is 0 Å². The summed E-state index contributed by atoms with van der Waals surface area (Å²) in [7, 11) is 1.19. The number of aromatic nitrogens is 1. The quantitative estimate of drug-likeness (QED) is 0.947. The number of hydrogen-bond acceptors (Lipinski definition) is 3. The van der Waals surface area contributed by atoms with E-state index in [9.17, 15) is 18.0 Å². The zero-order chi connectivity index (χ0) is 15.6. The Hall–Kier alpha value is -2.57. The number of primary amides is 1. The van der Waals surface area contributed by atoms with E-state index in [2.05, 4.69) is 4.98 Å². The molecule has 110 valence electrons. The lowest BCUT2D eigenvalue weighted by Gasteiger charge is -2.18. The third-order valence-corrected chi connectivity index (χ3v) is 2.90. The summed E-state index contributed by atoms with van der Waals surface area (Å²) in [5.74, 6) is -1.07. The van der Waals surface area contributed by atoms with Crippen molar-refractivity contribution in [2.75, 3.05) is 7.11 Å². The monoisotopic (exact) mass is 296 g/mol. The topological polar surface area (TPSA) is 65.2 Å². The van der Waals surface area contributed by atoms with E-state index in [0.29, 0.717) is 0 Å². The lowest BCUT2D eigenvalue weighted by Crippen LogP contribution is -2.15. The van der Waals surface area contributed by atoms with Crippen molar-refractivity contribution in [1.82, 2.24) is 4.98 Å². The van der Waals surface area contributed by atoms with Crippen LogP contribution in [0.4, 0.5) is 13.2 Å². The number of pyridine rings is 1. The van der Waals surface area contributed by atoms with Crippen molar-refractivity contribution in [3.63, 3.8) is 0 Å². The molecular formula is C14H11F3N2O2. The van der Waals surface area contributed by atoms with Crippen molar-refractivity contribution < 1.29 is 22.7 Å². The highest BCUT2D eigenvalue weighted by atomic mass is 19.4. The Morgan fingerprint density at radius 1 is 1.19 bits per heavy atom. The highest BCUT2D eigenvalue weighted by molar-refractivity contribution is 5.99. The van der Waals surface area contributed by atoms with Crippen molar-refractivity contribution >= 4 is 5.91 Å². The second-order valence-electron chi connectivity index (χ2n) is 4.17. The van der Waals surface area contributed by atoms with Crippen molar-refractivity contribution in [3.8, 4) is 16.9 Å². The molecule has 0 aliphatic carbocycles. The molecule has 0 aliphatic rings. The molecule has 7 heteroatoms. The lowest BCUT2D eigenvalue weighted by atomic mass is 9.95. The van der Waals surface area contributed by atoms with E-state index in [0.717, 1.165) is 12.1 Å². The van der Waals surface area contributed by atoms with Crippen LogP contribution in [0.2, 0.25) is 0 Å². The molecular weight excluding hydrogens is 285 g/mol. The van der Waals surface area contributed by atoms with Gasteiger partial charge in [0, 0.05) is 18.0 Å². The number of alkyl halides is 3. The molecule has 0 fully saturated rings. The number of ether oxygens (including phenoxy) is 1. The summed E-state index contributed by atoms with van der Waals surface area (Å²) in [6.45, 7) is 0. The Bertz CT molecular complexity index is 670. The first-order valence-electron chi connectivity index (χ1n) is 5.84. The summed E-state index contributed by atoms with van der Waals surface area (Å²) >= 11 is 0. The van der Waals surface area contributed by atoms with Gasteiger partial charge in [-0.1, -0.05) is 0 Å². The molecule has 0 saturated heterocycles. The highest BCUT2D eigenvalue weighted by Gasteiger charge is 2.36. The van der Waals surface area contributed by atoms with Gasteiger partial charge in [0.05, 0.1) is 18.2 Å². The van der Waals surface area contributed by atoms with Crippen LogP contribution in [0.1, 0.15) is 15.9 Å². The van der Waals surface area contributed by atoms with Gasteiger partial charge in [-0.15, -0.1) is 0 Å². The summed E-state index contributed by atoms with van der Waals surface area (Å²) in [4.78, 5) is 15.1. The van der Waals surface area contributed by atoms with E-state index >= 15 is 0 Å². The molecule has 4 nitrogen and oxygen atoms in total. The van der Waals surface area contributed by atoms with E-state index in [1.165, 1.54) is 31.6 Å². The molecule has 0 aliphatic heterocycles. The molecule has 0 bridgehead atoms. The number of hydrogen-bond donors (Lipinski definition) is 1. The van der Waals surface area contributed by atoms with E-state index in [1.54, 1.807) is 0 Å². The number of amides is 1. The Morgan fingerprint density at radius 3 is 2.29 bits per heavy atom. The van der Waals surface area contributed by atoms with Crippen molar-refractivity contribution in [3.05, 3.63) is 47.8 Å². The first-order valence-corrected chi connectivity index (χ1v) is 5.84. The Balaban J connectivity index is 2.85. The third kappa shape index (κ3) is 2.81. The standard InChI is InChI=1S/C14H11F3N2O2/c1-21-12-9(13(18)20)2-3-10(14(15,16)17)11(12)8-4-6-19-7-5-8/h2-7H,1H3,(H2,18,20). The fraction of sp³-hybridized carbons (Fsp3) is 0.143. The van der Waals surface area contributed by atoms with Gasteiger partial charge in [0.2, 0.25) is 0 Å². The second kappa shape index (κ2) is 5.43. The SMILES string of the molecule is COc1c(C(N)=O)ccc(C(F)(F)F)c1-c1ccncc1. The molecule has 1 amide bonds. The van der Waals surface area contributed by atoms with E-state index in [-0.39, 0.29) is 22.4 Å². The predicted octanol–water partition coefficient (Wildman–Crippen LogP) is 2.87. The highest BCUT2D eigenvalue weighted by Crippen LogP contribution is 2.43. The minimum atomic E-state index is -4.60. The van der Waals surface area contributed by atoms with Gasteiger partial charge in [-0.2, -0.15) is 13.2 Å². The van der Waals surface area contributed by atoms with Crippen molar-refractivity contribution in [1.29, 1.82) is 0 Å². The maximum absolute atomic E-state index is 13.2. The maximum Gasteiger partial charge on any atom is 0.417 e. The van der Waals surface area contributed by atoms with Gasteiger partial charge in [0.25, 0.3) is 5.91 Å². The van der Waals surface area contributed by atoms with Gasteiger partial charge in [0.15, 0.2) is 0 Å². The Labute approximate surface area is 118 Å². The number of carbonyl (C=O) groups is 1. The van der Waals surface area contributed by atoms with Crippen molar-refractivity contribution in [2.24, 2.45) is 5.73 Å². The number of halogens is 3. The summed E-state index contributed by atoms with van der Waals surface area (Å²) in [5.41, 5.74) is 4.16. The molecule has 2 N–H and O–H groups in total. The maximum atomic E-state index is 13.2. The summed E-state index contributed by atoms with van der Waals surface area (Å²) in [6, 6.07) is 4.63. The summed E-state index contributed by atoms with van der Waals surface area (Å²) in [6.07, 6.45) is -1.89. The average Bonchev–Trinajstić information content (AvgIpc) is 2.45. The van der Waals surface area contributed by atoms with Crippen molar-refractivity contribution in [2.45, 2.75) is 6.18 Å². The van der Waals surface area contributed by atoms with Crippen LogP contribution >= 0.6 is 0 Å². The Morgan fingerprint density at radius 2 is 1.81 bits per heavy atom. The van der Waals surface area contributed by atoms with Gasteiger partial charge in [-0.25, -0.2) is 0 Å². The van der Waals surface area contributed by atoms with Crippen LogP contribution in [0.15, 0.2) is 36.7 Å². The minimum Gasteiger partial charge on any atom is -0.495 e. The number of carbonyl (C=O) groups excluding carboxylic acids is 1. The van der Waals surface area contributed by atoms with Crippen LogP contribution < -0.4 is 10.5 Å². The van der Waals surface area contributed by atoms with Gasteiger partial charge in [-0.05, 0) is 29.8 Å². The number of nitrogens with two attached hydrogens (primary N) is 1. The summed E-state index contributed by atoms with van der Waals surface area (Å²) < 4.78 is 44.6. The van der Waals surface area contributed by atoms with E-state index in [1.807, 2.05) is 0 Å². The number of rotatable bonds is 3. The zero-order valence-electron chi connectivity index (χ0n) is 10.9. The largest absolute Gasteiger partial charge is 0.495 e. The molecule has 0 saturated carbocycles. The van der Waals surface area contributed by atoms with Crippen LogP contribution in [-0.4, -0.2) is 18.0 Å². The minimum absolute atomic E-state index is 0.114. The predicted molar refractivity (Wildman–Crippen MR) is 69.7 cm³/mol. The van der Waals surface area contributed by atoms with Crippen LogP contribution in [0.25, 0.3) is 11.1 Å². The molecule has 2 aromatic rings. The molecule has 0 radical (unpaired) electrons. The van der Waals surface area contributed by atoms with Gasteiger partial charge in [0.1, 0.15) is 5.75 Å². The third-order valence-electron chi connectivity index (χ3n) is 2.90. The van der Waals surface area contributed by atoms with Crippen LogP contribution in [-0.2, 0) is 6.18 Å². The van der Waals surface area contributed by atoms with E-state index < -0.39 is 17.6 Å². The number of methoxy groups -OCH3 is 1. The molecule has 0 unspecified atom stereocenters. The fourth-order valence-electron chi connectivity index (χ4n) is 2.03.